The lowest BCUT2D eigenvalue weighted by Crippen LogP contribution is -2.51. The van der Waals surface area contributed by atoms with E-state index in [1.165, 1.54) is 0 Å². The largest absolute Gasteiger partial charge is 0.480 e. The monoisotopic (exact) mass is 393 g/mol. The third-order valence-electron chi connectivity index (χ3n) is 7.45. The summed E-state index contributed by atoms with van der Waals surface area (Å²) < 4.78 is 0. The normalized spacial score (nSPS) is 36.8. The highest BCUT2D eigenvalue weighted by Crippen LogP contribution is 2.49. The number of hydrogen-bond donors (Lipinski definition) is 3. The van der Waals surface area contributed by atoms with Crippen molar-refractivity contribution < 1.29 is 20.1 Å². The maximum absolute atomic E-state index is 11.7. The quantitative estimate of drug-likeness (QED) is 0.522. The van der Waals surface area contributed by atoms with E-state index in [9.17, 15) is 20.1 Å². The Morgan fingerprint density at radius 2 is 1.89 bits per heavy atom. The molecule has 2 heterocycles. The second kappa shape index (κ2) is 9.73. The molecule has 1 saturated carbocycles. The fourth-order valence-electron chi connectivity index (χ4n) is 6.33. The Morgan fingerprint density at radius 3 is 2.54 bits per heavy atom. The van der Waals surface area contributed by atoms with Gasteiger partial charge in [-0.2, -0.15) is 0 Å². The number of rotatable bonds is 9. The number of hydrogen-bond acceptors (Lipinski definition) is 4. The highest BCUT2D eigenvalue weighted by atomic mass is 16.4. The minimum atomic E-state index is -0.716. The second-order valence-electron chi connectivity index (χ2n) is 9.36. The van der Waals surface area contributed by atoms with Crippen LogP contribution in [-0.4, -0.2) is 56.5 Å². The van der Waals surface area contributed by atoms with Crippen LogP contribution in [0.4, 0.5) is 0 Å². The van der Waals surface area contributed by atoms with Crippen molar-refractivity contribution in [2.24, 2.45) is 17.8 Å². The van der Waals surface area contributed by atoms with E-state index >= 15 is 0 Å². The van der Waals surface area contributed by atoms with E-state index in [1.54, 1.807) is 0 Å². The molecule has 2 aliphatic heterocycles. The number of aliphatic hydroxyl groups excluding tert-OH is 2. The third kappa shape index (κ3) is 4.63. The van der Waals surface area contributed by atoms with Crippen LogP contribution in [0.2, 0.25) is 0 Å². The lowest BCUT2D eigenvalue weighted by atomic mass is 9.87. The third-order valence-corrected chi connectivity index (χ3v) is 7.45. The zero-order valence-electron chi connectivity index (χ0n) is 17.5. The van der Waals surface area contributed by atoms with Crippen LogP contribution in [0.1, 0.15) is 78.1 Å². The molecule has 5 heteroatoms. The first kappa shape index (κ1) is 21.8. The predicted molar refractivity (Wildman–Crippen MR) is 110 cm³/mol. The summed E-state index contributed by atoms with van der Waals surface area (Å²) in [5.74, 6) is 0.195. The van der Waals surface area contributed by atoms with E-state index in [0.717, 1.165) is 57.8 Å². The van der Waals surface area contributed by atoms with Crippen molar-refractivity contribution in [3.8, 4) is 0 Å². The number of fused-ring (bicyclic) bond motifs is 3. The average Bonchev–Trinajstić information content (AvgIpc) is 3.14. The van der Waals surface area contributed by atoms with E-state index in [4.69, 9.17) is 0 Å². The summed E-state index contributed by atoms with van der Waals surface area (Å²) >= 11 is 0. The second-order valence-corrected chi connectivity index (χ2v) is 9.36. The molecule has 0 radical (unpaired) electrons. The SMILES string of the molecule is CCCC(CCC)C[C@@H](O)/C=C/[C@@H]1[C@H]2CC3CCCC(C(=O)O)N3[C@@H]2C[C@H]1O. The highest BCUT2D eigenvalue weighted by Gasteiger charge is 2.54. The molecule has 0 bridgehead atoms. The molecule has 3 N–H and O–H groups in total. The van der Waals surface area contributed by atoms with Gasteiger partial charge in [0.05, 0.1) is 12.2 Å². The molecule has 0 aromatic rings. The molecule has 3 fully saturated rings. The summed E-state index contributed by atoms with van der Waals surface area (Å²) in [6.07, 6.45) is 12.9. The Hall–Kier alpha value is -0.910. The van der Waals surface area contributed by atoms with Crippen LogP contribution in [0.5, 0.6) is 0 Å². The van der Waals surface area contributed by atoms with Gasteiger partial charge in [-0.3, -0.25) is 9.69 Å². The smallest absolute Gasteiger partial charge is 0.320 e. The van der Waals surface area contributed by atoms with E-state index in [1.807, 2.05) is 12.2 Å². The van der Waals surface area contributed by atoms with Crippen molar-refractivity contribution in [1.29, 1.82) is 0 Å². The van der Waals surface area contributed by atoms with Gasteiger partial charge in [0.15, 0.2) is 0 Å². The maximum Gasteiger partial charge on any atom is 0.320 e. The van der Waals surface area contributed by atoms with E-state index in [0.29, 0.717) is 24.3 Å². The summed E-state index contributed by atoms with van der Waals surface area (Å²) in [5.41, 5.74) is 0. The first-order valence-electron chi connectivity index (χ1n) is 11.5. The molecule has 0 aromatic heterocycles. The van der Waals surface area contributed by atoms with Crippen LogP contribution in [0, 0.1) is 17.8 Å². The van der Waals surface area contributed by atoms with Crippen molar-refractivity contribution in [2.75, 3.05) is 0 Å². The molecule has 0 spiro atoms. The standard InChI is InChI=1S/C23H39NO4/c1-3-6-15(7-4-2)12-17(25)10-11-18-19-13-16-8-5-9-20(23(27)28)24(16)21(19)14-22(18)26/h10-11,15-22,25-26H,3-9,12-14H2,1-2H3,(H,27,28)/b11-10+/t16?,17-,18+,19+,20?,21+,22+/m0/s1. The number of piperidine rings is 1. The number of carboxylic acid groups (broad SMARTS) is 1. The lowest BCUT2D eigenvalue weighted by Gasteiger charge is -2.38. The molecule has 1 aliphatic carbocycles. The van der Waals surface area contributed by atoms with Gasteiger partial charge < -0.3 is 15.3 Å². The number of carboxylic acids is 1. The minimum Gasteiger partial charge on any atom is -0.480 e. The molecule has 160 valence electrons. The van der Waals surface area contributed by atoms with Crippen LogP contribution >= 0.6 is 0 Å². The van der Waals surface area contributed by atoms with Gasteiger partial charge in [-0.05, 0) is 50.4 Å². The minimum absolute atomic E-state index is 0.0375. The maximum atomic E-state index is 11.7. The fourth-order valence-corrected chi connectivity index (χ4v) is 6.33. The first-order chi connectivity index (χ1) is 13.5. The Balaban J connectivity index is 1.64. The van der Waals surface area contributed by atoms with Gasteiger partial charge in [0, 0.05) is 18.0 Å². The van der Waals surface area contributed by atoms with Crippen LogP contribution in [0.15, 0.2) is 12.2 Å². The van der Waals surface area contributed by atoms with Gasteiger partial charge in [-0.1, -0.05) is 51.7 Å². The van der Waals surface area contributed by atoms with Gasteiger partial charge in [0.1, 0.15) is 6.04 Å². The van der Waals surface area contributed by atoms with Crippen molar-refractivity contribution >= 4 is 5.97 Å². The molecule has 3 rings (SSSR count). The molecular weight excluding hydrogens is 354 g/mol. The number of carbonyl (C=O) groups is 1. The summed E-state index contributed by atoms with van der Waals surface area (Å²) in [6, 6.07) is 0.121. The lowest BCUT2D eigenvalue weighted by molar-refractivity contribution is -0.146. The molecule has 3 aliphatic rings. The van der Waals surface area contributed by atoms with E-state index < -0.39 is 24.2 Å². The molecule has 5 nitrogen and oxygen atoms in total. The number of aliphatic hydroxyl groups is 2. The topological polar surface area (TPSA) is 81.0 Å². The van der Waals surface area contributed by atoms with Gasteiger partial charge in [0.25, 0.3) is 0 Å². The molecular formula is C23H39NO4. The molecule has 0 amide bonds. The molecule has 7 atom stereocenters. The Bertz CT molecular complexity index is 545. The van der Waals surface area contributed by atoms with Gasteiger partial charge in [-0.25, -0.2) is 0 Å². The van der Waals surface area contributed by atoms with Crippen LogP contribution in [0.25, 0.3) is 0 Å². The van der Waals surface area contributed by atoms with Crippen molar-refractivity contribution in [3.05, 3.63) is 12.2 Å². The average molecular weight is 394 g/mol. The van der Waals surface area contributed by atoms with Crippen molar-refractivity contribution in [2.45, 2.75) is 108 Å². The molecule has 28 heavy (non-hydrogen) atoms. The molecule has 0 aromatic carbocycles. The van der Waals surface area contributed by atoms with Crippen LogP contribution in [-0.2, 0) is 4.79 Å². The Kier molecular flexibility index (Phi) is 7.57. The summed E-state index contributed by atoms with van der Waals surface area (Å²) in [4.78, 5) is 13.9. The zero-order chi connectivity index (χ0) is 20.3. The highest BCUT2D eigenvalue weighted by molar-refractivity contribution is 5.73. The summed E-state index contributed by atoms with van der Waals surface area (Å²) in [7, 11) is 0. The van der Waals surface area contributed by atoms with Gasteiger partial charge >= 0.3 is 5.97 Å². The van der Waals surface area contributed by atoms with Gasteiger partial charge in [0.2, 0.25) is 0 Å². The van der Waals surface area contributed by atoms with Gasteiger partial charge in [-0.15, -0.1) is 0 Å². The molecule has 2 saturated heterocycles. The summed E-state index contributed by atoms with van der Waals surface area (Å²) in [5, 5.41) is 30.8. The first-order valence-corrected chi connectivity index (χ1v) is 11.5. The fraction of sp³-hybridized carbons (Fsp3) is 0.870. The van der Waals surface area contributed by atoms with Crippen LogP contribution < -0.4 is 0 Å². The predicted octanol–water partition coefficient (Wildman–Crippen LogP) is 3.59. The number of aliphatic carboxylic acids is 1. The van der Waals surface area contributed by atoms with Crippen molar-refractivity contribution in [3.63, 3.8) is 0 Å². The summed E-state index contributed by atoms with van der Waals surface area (Å²) in [6.45, 7) is 4.39. The Morgan fingerprint density at radius 1 is 1.18 bits per heavy atom. The molecule has 2 unspecified atom stereocenters. The zero-order valence-corrected chi connectivity index (χ0v) is 17.5. The van der Waals surface area contributed by atoms with Crippen molar-refractivity contribution in [1.82, 2.24) is 4.90 Å². The van der Waals surface area contributed by atoms with Crippen LogP contribution in [0.3, 0.4) is 0 Å². The Labute approximate surface area is 169 Å². The van der Waals surface area contributed by atoms with E-state index in [-0.39, 0.29) is 12.0 Å². The van der Waals surface area contributed by atoms with E-state index in [2.05, 4.69) is 18.7 Å². The number of nitrogens with zero attached hydrogens (tertiary/aromatic N) is 1.